The van der Waals surface area contributed by atoms with Gasteiger partial charge in [-0.25, -0.2) is 4.98 Å². The Labute approximate surface area is 147 Å². The number of thiazole rings is 1. The molecule has 1 aromatic heterocycles. The minimum Gasteiger partial charge on any atom is -0.413 e. The Bertz CT molecular complexity index is 664. The van der Waals surface area contributed by atoms with E-state index < -0.39 is 8.32 Å². The van der Waals surface area contributed by atoms with Gasteiger partial charge >= 0.3 is 0 Å². The van der Waals surface area contributed by atoms with Gasteiger partial charge in [0.2, 0.25) is 0 Å². The summed E-state index contributed by atoms with van der Waals surface area (Å²) in [6, 6.07) is 5.87. The van der Waals surface area contributed by atoms with E-state index >= 15 is 0 Å². The van der Waals surface area contributed by atoms with Gasteiger partial charge in [0, 0.05) is 10.6 Å². The summed E-state index contributed by atoms with van der Waals surface area (Å²) in [6.07, 6.45) is 0. The zero-order chi connectivity index (χ0) is 16.5. The first-order chi connectivity index (χ1) is 10.1. The van der Waals surface area contributed by atoms with Crippen molar-refractivity contribution in [2.45, 2.75) is 45.5 Å². The van der Waals surface area contributed by atoms with Crippen molar-refractivity contribution in [1.29, 1.82) is 0 Å². The first-order valence-corrected chi connectivity index (χ1v) is 11.7. The minimum atomic E-state index is -1.81. The van der Waals surface area contributed by atoms with Gasteiger partial charge in [0.15, 0.2) is 8.32 Å². The fourth-order valence-corrected chi connectivity index (χ4v) is 4.21. The summed E-state index contributed by atoms with van der Waals surface area (Å²) in [6.45, 7) is 11.7. The highest BCUT2D eigenvalue weighted by molar-refractivity contribution is 7.14. The summed E-state index contributed by atoms with van der Waals surface area (Å²) >= 11 is 14.1. The van der Waals surface area contributed by atoms with Crippen LogP contribution in [0.2, 0.25) is 28.3 Å². The molecule has 0 aliphatic heterocycles. The van der Waals surface area contributed by atoms with Crippen LogP contribution in [-0.4, -0.2) is 13.3 Å². The highest BCUT2D eigenvalue weighted by Crippen LogP contribution is 2.41. The number of rotatable bonds is 4. The van der Waals surface area contributed by atoms with E-state index in [-0.39, 0.29) is 5.04 Å². The SMILES string of the molecule is CC(C)(C)[Si](C)(C)OCc1cccc(Cl)c1-c1scnc1Cl. The van der Waals surface area contributed by atoms with Crippen molar-refractivity contribution < 1.29 is 4.43 Å². The quantitative estimate of drug-likeness (QED) is 0.560. The number of aromatic nitrogens is 1. The third kappa shape index (κ3) is 3.74. The summed E-state index contributed by atoms with van der Waals surface area (Å²) in [7, 11) is -1.81. The minimum absolute atomic E-state index is 0.174. The normalized spacial score (nSPS) is 12.7. The molecule has 0 spiro atoms. The van der Waals surface area contributed by atoms with Crippen molar-refractivity contribution in [2.75, 3.05) is 0 Å². The van der Waals surface area contributed by atoms with Gasteiger partial charge in [0.05, 0.1) is 17.0 Å². The number of halogens is 2. The van der Waals surface area contributed by atoms with Gasteiger partial charge in [0.1, 0.15) is 5.15 Å². The molecule has 0 unspecified atom stereocenters. The Morgan fingerprint density at radius 3 is 2.45 bits per heavy atom. The molecule has 0 radical (unpaired) electrons. The van der Waals surface area contributed by atoms with Crippen LogP contribution in [0.4, 0.5) is 0 Å². The lowest BCUT2D eigenvalue weighted by Gasteiger charge is -2.36. The molecule has 0 fully saturated rings. The fourth-order valence-electron chi connectivity index (χ4n) is 1.81. The predicted octanol–water partition coefficient (Wildman–Crippen LogP) is 6.64. The molecule has 0 N–H and O–H groups in total. The molecule has 0 bridgehead atoms. The number of hydrogen-bond acceptors (Lipinski definition) is 3. The third-order valence-corrected chi connectivity index (χ3v) is 10.3. The van der Waals surface area contributed by atoms with E-state index in [0.29, 0.717) is 16.8 Å². The molecule has 6 heteroatoms. The van der Waals surface area contributed by atoms with E-state index in [4.69, 9.17) is 27.6 Å². The van der Waals surface area contributed by atoms with Crippen molar-refractivity contribution in [3.63, 3.8) is 0 Å². The highest BCUT2D eigenvalue weighted by Gasteiger charge is 2.37. The highest BCUT2D eigenvalue weighted by atomic mass is 35.5. The molecule has 1 heterocycles. The molecular weight excluding hydrogens is 353 g/mol. The number of benzene rings is 1. The topological polar surface area (TPSA) is 22.1 Å². The van der Waals surface area contributed by atoms with Gasteiger partial charge < -0.3 is 4.43 Å². The lowest BCUT2D eigenvalue weighted by atomic mass is 10.1. The lowest BCUT2D eigenvalue weighted by molar-refractivity contribution is 0.277. The van der Waals surface area contributed by atoms with Gasteiger partial charge in [-0.1, -0.05) is 56.1 Å². The molecule has 0 aliphatic carbocycles. The fraction of sp³-hybridized carbons (Fsp3) is 0.438. The second-order valence-corrected chi connectivity index (χ2v) is 13.2. The van der Waals surface area contributed by atoms with Crippen LogP contribution in [0.15, 0.2) is 23.7 Å². The van der Waals surface area contributed by atoms with Gasteiger partial charge in [-0.15, -0.1) is 11.3 Å². The zero-order valence-electron chi connectivity index (χ0n) is 13.5. The summed E-state index contributed by atoms with van der Waals surface area (Å²) in [5, 5.41) is 1.35. The molecule has 1 aromatic carbocycles. The van der Waals surface area contributed by atoms with Crippen LogP contribution in [0.3, 0.4) is 0 Å². The summed E-state index contributed by atoms with van der Waals surface area (Å²) in [4.78, 5) is 5.02. The second kappa shape index (κ2) is 6.61. The molecule has 2 rings (SSSR count). The molecule has 0 atom stereocenters. The lowest BCUT2D eigenvalue weighted by Crippen LogP contribution is -2.40. The first-order valence-electron chi connectivity index (χ1n) is 7.14. The Hall–Kier alpha value is -0.393. The largest absolute Gasteiger partial charge is 0.413 e. The second-order valence-electron chi connectivity index (χ2n) is 6.80. The Kier molecular flexibility index (Phi) is 5.40. The van der Waals surface area contributed by atoms with Crippen LogP contribution in [0.5, 0.6) is 0 Å². The summed E-state index contributed by atoms with van der Waals surface area (Å²) in [5.74, 6) is 0. The average Bonchev–Trinajstić information content (AvgIpc) is 2.81. The Balaban J connectivity index is 2.34. The molecular formula is C16H21Cl2NOSSi. The van der Waals surface area contributed by atoms with Crippen molar-refractivity contribution in [2.24, 2.45) is 0 Å². The van der Waals surface area contributed by atoms with Crippen LogP contribution in [-0.2, 0) is 11.0 Å². The Morgan fingerprint density at radius 1 is 1.23 bits per heavy atom. The molecule has 120 valence electrons. The van der Waals surface area contributed by atoms with Gasteiger partial charge in [-0.05, 0) is 29.8 Å². The maximum Gasteiger partial charge on any atom is 0.192 e. The van der Waals surface area contributed by atoms with Crippen molar-refractivity contribution >= 4 is 42.9 Å². The standard InChI is InChI=1S/C16H21Cl2NOSSi/c1-16(2,3)22(4,5)20-9-11-7-6-8-12(17)13(11)14-15(18)19-10-21-14/h6-8,10H,9H2,1-5H3. The van der Waals surface area contributed by atoms with Crippen LogP contribution in [0.25, 0.3) is 10.4 Å². The molecule has 0 saturated heterocycles. The van der Waals surface area contributed by atoms with Crippen LogP contribution in [0.1, 0.15) is 26.3 Å². The van der Waals surface area contributed by atoms with Crippen LogP contribution >= 0.6 is 34.5 Å². The predicted molar refractivity (Wildman–Crippen MR) is 99.6 cm³/mol. The number of hydrogen-bond donors (Lipinski definition) is 0. The zero-order valence-corrected chi connectivity index (χ0v) is 16.9. The maximum atomic E-state index is 6.41. The smallest absolute Gasteiger partial charge is 0.192 e. The van der Waals surface area contributed by atoms with Crippen LogP contribution in [0, 0.1) is 0 Å². The van der Waals surface area contributed by atoms with Crippen molar-refractivity contribution in [3.8, 4) is 10.4 Å². The number of nitrogens with zero attached hydrogens (tertiary/aromatic N) is 1. The van der Waals surface area contributed by atoms with E-state index in [1.807, 2.05) is 18.2 Å². The van der Waals surface area contributed by atoms with E-state index in [9.17, 15) is 0 Å². The molecule has 2 aromatic rings. The molecule has 22 heavy (non-hydrogen) atoms. The monoisotopic (exact) mass is 373 g/mol. The van der Waals surface area contributed by atoms with E-state index in [1.165, 1.54) is 11.3 Å². The van der Waals surface area contributed by atoms with Gasteiger partial charge in [0.25, 0.3) is 0 Å². The summed E-state index contributed by atoms with van der Waals surface area (Å²) < 4.78 is 6.33. The van der Waals surface area contributed by atoms with Gasteiger partial charge in [-0.2, -0.15) is 0 Å². The third-order valence-electron chi connectivity index (χ3n) is 4.25. The maximum absolute atomic E-state index is 6.41. The molecule has 0 saturated carbocycles. The van der Waals surface area contributed by atoms with E-state index in [0.717, 1.165) is 16.0 Å². The van der Waals surface area contributed by atoms with E-state index in [1.54, 1.807) is 5.51 Å². The molecule has 2 nitrogen and oxygen atoms in total. The average molecular weight is 374 g/mol. The Morgan fingerprint density at radius 2 is 1.91 bits per heavy atom. The molecule has 0 amide bonds. The van der Waals surface area contributed by atoms with Gasteiger partial charge in [-0.3, -0.25) is 0 Å². The van der Waals surface area contributed by atoms with Crippen molar-refractivity contribution in [1.82, 2.24) is 4.98 Å². The van der Waals surface area contributed by atoms with Crippen molar-refractivity contribution in [3.05, 3.63) is 39.4 Å². The van der Waals surface area contributed by atoms with Crippen LogP contribution < -0.4 is 0 Å². The molecule has 0 aliphatic rings. The first kappa shape index (κ1) is 18.0. The van der Waals surface area contributed by atoms with E-state index in [2.05, 4.69) is 38.8 Å². The summed E-state index contributed by atoms with van der Waals surface area (Å²) in [5.41, 5.74) is 3.73.